The number of ether oxygens (including phenoxy) is 2. The molecule has 0 aromatic carbocycles. The van der Waals surface area contributed by atoms with Crippen LogP contribution in [0.25, 0.3) is 0 Å². The van der Waals surface area contributed by atoms with Crippen LogP contribution in [0.5, 0.6) is 0 Å². The van der Waals surface area contributed by atoms with Crippen LogP contribution in [0.15, 0.2) is 47.3 Å². The highest BCUT2D eigenvalue weighted by Crippen LogP contribution is 2.24. The molecule has 12 heteroatoms. The van der Waals surface area contributed by atoms with E-state index < -0.39 is 5.97 Å². The quantitative estimate of drug-likeness (QED) is 0.519. The van der Waals surface area contributed by atoms with E-state index in [0.717, 1.165) is 18.9 Å². The van der Waals surface area contributed by atoms with Gasteiger partial charge in [0.25, 0.3) is 0 Å². The van der Waals surface area contributed by atoms with Crippen LogP contribution in [0.3, 0.4) is 0 Å². The number of nitrogens with zero attached hydrogens (tertiary/aromatic N) is 3. The van der Waals surface area contributed by atoms with Crippen molar-refractivity contribution in [2.75, 3.05) is 56.3 Å². The van der Waals surface area contributed by atoms with Gasteiger partial charge in [0, 0.05) is 32.4 Å². The largest absolute Gasteiger partial charge is 0.465 e. The van der Waals surface area contributed by atoms with Gasteiger partial charge in [-0.05, 0) is 35.0 Å². The van der Waals surface area contributed by atoms with E-state index in [1.165, 1.54) is 36.9 Å². The molecular weight excluding hydrogens is 478 g/mol. The topological polar surface area (TPSA) is 127 Å². The van der Waals surface area contributed by atoms with Crippen molar-refractivity contribution in [3.05, 3.63) is 58.4 Å². The number of nitrogens with one attached hydrogen (secondary N) is 1. The second kappa shape index (κ2) is 12.0. The van der Waals surface area contributed by atoms with E-state index in [1.807, 2.05) is 18.2 Å². The van der Waals surface area contributed by atoms with Gasteiger partial charge in [-0.2, -0.15) is 0 Å². The Morgan fingerprint density at radius 2 is 1.59 bits per heavy atom. The fourth-order valence-corrected chi connectivity index (χ4v) is 4.53. The maximum absolute atomic E-state index is 12.4. The Morgan fingerprint density at radius 3 is 2.18 bits per heavy atom. The average molecular weight is 504 g/mol. The summed E-state index contributed by atoms with van der Waals surface area (Å²) in [7, 11) is 2.65. The molecule has 0 spiro atoms. The third kappa shape index (κ3) is 6.23. The van der Waals surface area contributed by atoms with Gasteiger partial charge in [-0.1, -0.05) is 6.07 Å². The number of anilines is 3. The van der Waals surface area contributed by atoms with E-state index in [0.29, 0.717) is 34.2 Å². The second-order valence-electron chi connectivity index (χ2n) is 6.94. The molecule has 3 aromatic rings. The van der Waals surface area contributed by atoms with Gasteiger partial charge in [-0.25, -0.2) is 19.4 Å². The SMILES string of the molecule is COC(=O)c1ccsc1N.COC(=O)c1ccsc1NC(=O)N1CCN(c2ccccn2)CC1. The van der Waals surface area contributed by atoms with Gasteiger partial charge in [-0.15, -0.1) is 22.7 Å². The van der Waals surface area contributed by atoms with Crippen molar-refractivity contribution in [2.24, 2.45) is 0 Å². The van der Waals surface area contributed by atoms with E-state index >= 15 is 0 Å². The maximum Gasteiger partial charge on any atom is 0.340 e. The number of amides is 2. The molecule has 2 amide bonds. The highest BCUT2D eigenvalue weighted by atomic mass is 32.1. The van der Waals surface area contributed by atoms with Gasteiger partial charge in [0.1, 0.15) is 15.8 Å². The smallest absolute Gasteiger partial charge is 0.340 e. The van der Waals surface area contributed by atoms with Crippen molar-refractivity contribution >= 4 is 56.5 Å². The van der Waals surface area contributed by atoms with Crippen molar-refractivity contribution in [1.29, 1.82) is 0 Å². The zero-order valence-corrected chi connectivity index (χ0v) is 20.4. The first-order valence-corrected chi connectivity index (χ1v) is 12.0. The minimum absolute atomic E-state index is 0.205. The Labute approximate surface area is 204 Å². The summed E-state index contributed by atoms with van der Waals surface area (Å²) in [4.78, 5) is 43.1. The van der Waals surface area contributed by atoms with Crippen molar-refractivity contribution in [2.45, 2.75) is 0 Å². The van der Waals surface area contributed by atoms with Crippen molar-refractivity contribution in [3.8, 4) is 0 Å². The zero-order valence-electron chi connectivity index (χ0n) is 18.7. The molecule has 0 bridgehead atoms. The molecule has 0 aliphatic carbocycles. The number of rotatable bonds is 4. The number of urea groups is 1. The fourth-order valence-electron chi connectivity index (χ4n) is 3.13. The minimum Gasteiger partial charge on any atom is -0.465 e. The molecule has 0 atom stereocenters. The molecule has 3 aromatic heterocycles. The van der Waals surface area contributed by atoms with Crippen molar-refractivity contribution < 1.29 is 23.9 Å². The molecule has 1 saturated heterocycles. The Kier molecular flexibility index (Phi) is 8.82. The predicted molar refractivity (Wildman–Crippen MR) is 133 cm³/mol. The summed E-state index contributed by atoms with van der Waals surface area (Å²) < 4.78 is 9.18. The molecule has 180 valence electrons. The molecular formula is C22H25N5O5S2. The lowest BCUT2D eigenvalue weighted by Gasteiger charge is -2.35. The monoisotopic (exact) mass is 503 g/mol. The van der Waals surface area contributed by atoms with E-state index in [4.69, 9.17) is 10.5 Å². The number of piperazine rings is 1. The van der Waals surface area contributed by atoms with Crippen LogP contribution in [0.4, 0.5) is 20.6 Å². The highest BCUT2D eigenvalue weighted by Gasteiger charge is 2.23. The number of nitrogen functional groups attached to an aromatic ring is 1. The molecule has 4 heterocycles. The lowest BCUT2D eigenvalue weighted by atomic mass is 10.3. The van der Waals surface area contributed by atoms with E-state index in [-0.39, 0.29) is 12.0 Å². The summed E-state index contributed by atoms with van der Waals surface area (Å²) in [5, 5.41) is 7.32. The number of methoxy groups -OCH3 is 2. The van der Waals surface area contributed by atoms with Gasteiger partial charge >= 0.3 is 18.0 Å². The van der Waals surface area contributed by atoms with E-state index in [2.05, 4.69) is 19.9 Å². The number of hydrogen-bond acceptors (Lipinski definition) is 10. The summed E-state index contributed by atoms with van der Waals surface area (Å²) in [5.41, 5.74) is 6.26. The highest BCUT2D eigenvalue weighted by molar-refractivity contribution is 7.15. The first-order chi connectivity index (χ1) is 16.4. The molecule has 3 N–H and O–H groups in total. The lowest BCUT2D eigenvalue weighted by Crippen LogP contribution is -2.50. The summed E-state index contributed by atoms with van der Waals surface area (Å²) in [6, 6.07) is 8.88. The van der Waals surface area contributed by atoms with Crippen LogP contribution in [0.2, 0.25) is 0 Å². The number of pyridine rings is 1. The summed E-state index contributed by atoms with van der Waals surface area (Å²) in [6.45, 7) is 2.64. The summed E-state index contributed by atoms with van der Waals surface area (Å²) in [5.74, 6) is 0.0917. The third-order valence-corrected chi connectivity index (χ3v) is 6.51. The van der Waals surface area contributed by atoms with Crippen LogP contribution in [-0.2, 0) is 9.47 Å². The Hall–Kier alpha value is -3.64. The molecule has 10 nitrogen and oxygen atoms in total. The Bertz CT molecular complexity index is 1110. The number of nitrogens with two attached hydrogens (primary N) is 1. The number of esters is 2. The maximum atomic E-state index is 12.4. The summed E-state index contributed by atoms with van der Waals surface area (Å²) in [6.07, 6.45) is 1.76. The lowest BCUT2D eigenvalue weighted by molar-refractivity contribution is 0.0593. The van der Waals surface area contributed by atoms with Gasteiger partial charge in [0.2, 0.25) is 0 Å². The zero-order chi connectivity index (χ0) is 24.5. The van der Waals surface area contributed by atoms with Crippen LogP contribution < -0.4 is 16.0 Å². The van der Waals surface area contributed by atoms with E-state index in [1.54, 1.807) is 34.0 Å². The Morgan fingerprint density at radius 1 is 0.941 bits per heavy atom. The Balaban J connectivity index is 0.000000271. The van der Waals surface area contributed by atoms with E-state index in [9.17, 15) is 14.4 Å². The van der Waals surface area contributed by atoms with Gasteiger partial charge in [0.05, 0.1) is 25.3 Å². The minimum atomic E-state index is -0.452. The standard InChI is InChI=1S/C16H18N4O3S.C6H7NO2S/c1-23-15(21)12-5-11-24-14(12)18-16(22)20-9-7-19(8-10-20)13-4-2-3-6-17-13;1-9-6(8)4-2-3-10-5(4)7/h2-6,11H,7-10H2,1H3,(H,18,22);2-3H,7H2,1H3. The van der Waals surface area contributed by atoms with Crippen LogP contribution >= 0.6 is 22.7 Å². The third-order valence-electron chi connectivity index (χ3n) is 4.93. The second-order valence-corrected chi connectivity index (χ2v) is 8.80. The fraction of sp³-hybridized carbons (Fsp3) is 0.273. The number of thiophene rings is 2. The average Bonchev–Trinajstić information content (AvgIpc) is 3.53. The number of hydrogen-bond donors (Lipinski definition) is 2. The number of carbonyl (C=O) groups excluding carboxylic acids is 3. The van der Waals surface area contributed by atoms with Crippen LogP contribution in [-0.4, -0.2) is 68.3 Å². The number of aromatic nitrogens is 1. The van der Waals surface area contributed by atoms with Crippen molar-refractivity contribution in [3.63, 3.8) is 0 Å². The van der Waals surface area contributed by atoms with Crippen LogP contribution in [0.1, 0.15) is 20.7 Å². The molecule has 1 aliphatic heterocycles. The molecule has 1 aliphatic rings. The first-order valence-electron chi connectivity index (χ1n) is 10.2. The molecule has 34 heavy (non-hydrogen) atoms. The van der Waals surface area contributed by atoms with Gasteiger partial charge < -0.3 is 25.0 Å². The summed E-state index contributed by atoms with van der Waals surface area (Å²) >= 11 is 2.63. The van der Waals surface area contributed by atoms with Gasteiger partial charge in [0.15, 0.2) is 0 Å². The molecule has 0 unspecified atom stereocenters. The normalized spacial score (nSPS) is 12.9. The molecule has 0 radical (unpaired) electrons. The van der Waals surface area contributed by atoms with Crippen LogP contribution in [0, 0.1) is 0 Å². The molecule has 1 fully saturated rings. The van der Waals surface area contributed by atoms with Crippen molar-refractivity contribution in [1.82, 2.24) is 9.88 Å². The molecule has 0 saturated carbocycles. The first kappa shape index (κ1) is 25.0. The number of carbonyl (C=O) groups is 3. The molecule has 4 rings (SSSR count). The van der Waals surface area contributed by atoms with Gasteiger partial charge in [-0.3, -0.25) is 5.32 Å². The predicted octanol–water partition coefficient (Wildman–Crippen LogP) is 3.40.